The van der Waals surface area contributed by atoms with Crippen LogP contribution >= 0.6 is 0 Å². The Kier molecular flexibility index (Phi) is 7.15. The van der Waals surface area contributed by atoms with Gasteiger partial charge >= 0.3 is 0 Å². The predicted molar refractivity (Wildman–Crippen MR) is 122 cm³/mol. The third-order valence-corrected chi connectivity index (χ3v) is 6.26. The van der Waals surface area contributed by atoms with Gasteiger partial charge in [0, 0.05) is 18.3 Å². The molecule has 168 valence electrons. The van der Waals surface area contributed by atoms with Crippen LogP contribution in [0, 0.1) is 19.7 Å². The summed E-state index contributed by atoms with van der Waals surface area (Å²) in [5.74, 6) is -0.161. The van der Waals surface area contributed by atoms with E-state index in [1.807, 2.05) is 31.2 Å². The molecule has 0 fully saturated rings. The second-order valence-corrected chi connectivity index (χ2v) is 9.17. The maximum absolute atomic E-state index is 13.8. The molecule has 0 aliphatic carbocycles. The Morgan fingerprint density at radius 2 is 1.75 bits per heavy atom. The lowest BCUT2D eigenvalue weighted by Crippen LogP contribution is -2.31. The molecule has 0 unspecified atom stereocenters. The molecule has 0 radical (unpaired) electrons. The van der Waals surface area contributed by atoms with Crippen LogP contribution in [-0.4, -0.2) is 39.4 Å². The van der Waals surface area contributed by atoms with Crippen molar-refractivity contribution in [1.82, 2.24) is 4.90 Å². The van der Waals surface area contributed by atoms with Crippen LogP contribution in [0.4, 0.5) is 10.1 Å². The number of sulfonamides is 1. The van der Waals surface area contributed by atoms with Crippen LogP contribution in [0.5, 0.6) is 5.75 Å². The summed E-state index contributed by atoms with van der Waals surface area (Å²) < 4.78 is 47.0. The molecule has 8 heteroatoms. The molecular formula is C24H25FN2O4S. The molecule has 6 nitrogen and oxygen atoms in total. The molecule has 0 saturated carbocycles. The second kappa shape index (κ2) is 9.82. The van der Waals surface area contributed by atoms with Gasteiger partial charge in [-0.15, -0.1) is 0 Å². The Morgan fingerprint density at radius 1 is 1.03 bits per heavy atom. The average molecular weight is 457 g/mol. The number of anilines is 1. The Hall–Kier alpha value is -3.39. The lowest BCUT2D eigenvalue weighted by Gasteiger charge is -2.18. The standard InChI is InChI=1S/C24H25FN2O4S/c1-17-7-10-21(11-8-17)31-14-13-27(3)24(28)19-5-4-6-20(15-19)26-32(29,30)22-12-9-18(2)23(25)16-22/h4-12,15-16,26H,13-14H2,1-3H3. The Bertz CT molecular complexity index is 1210. The minimum Gasteiger partial charge on any atom is -0.492 e. The zero-order chi connectivity index (χ0) is 23.3. The van der Waals surface area contributed by atoms with Crippen molar-refractivity contribution in [3.8, 4) is 5.75 Å². The SMILES string of the molecule is Cc1ccc(OCCN(C)C(=O)c2cccc(NS(=O)(=O)c3ccc(C)c(F)c3)c2)cc1. The Morgan fingerprint density at radius 3 is 2.44 bits per heavy atom. The van der Waals surface area contributed by atoms with Crippen molar-refractivity contribution in [2.45, 2.75) is 18.7 Å². The van der Waals surface area contributed by atoms with E-state index >= 15 is 0 Å². The highest BCUT2D eigenvalue weighted by Crippen LogP contribution is 2.20. The number of nitrogens with zero attached hydrogens (tertiary/aromatic N) is 1. The summed E-state index contributed by atoms with van der Waals surface area (Å²) >= 11 is 0. The van der Waals surface area contributed by atoms with Crippen LogP contribution < -0.4 is 9.46 Å². The van der Waals surface area contributed by atoms with E-state index in [0.29, 0.717) is 24.3 Å². The number of ether oxygens (including phenoxy) is 1. The molecular weight excluding hydrogens is 431 g/mol. The van der Waals surface area contributed by atoms with Crippen molar-refractivity contribution >= 4 is 21.6 Å². The summed E-state index contributed by atoms with van der Waals surface area (Å²) in [5, 5.41) is 0. The number of carbonyl (C=O) groups excluding carboxylic acids is 1. The van der Waals surface area contributed by atoms with Gasteiger partial charge in [0.25, 0.3) is 15.9 Å². The number of nitrogens with one attached hydrogen (secondary N) is 1. The largest absolute Gasteiger partial charge is 0.492 e. The van der Waals surface area contributed by atoms with Gasteiger partial charge in [-0.1, -0.05) is 29.8 Å². The topological polar surface area (TPSA) is 75.7 Å². The lowest BCUT2D eigenvalue weighted by molar-refractivity contribution is 0.0774. The van der Waals surface area contributed by atoms with E-state index in [0.717, 1.165) is 17.4 Å². The number of hydrogen-bond donors (Lipinski definition) is 1. The van der Waals surface area contributed by atoms with Crippen LogP contribution in [0.2, 0.25) is 0 Å². The molecule has 0 spiro atoms. The predicted octanol–water partition coefficient (Wildman–Crippen LogP) is 4.39. The van der Waals surface area contributed by atoms with E-state index < -0.39 is 15.8 Å². The average Bonchev–Trinajstić information content (AvgIpc) is 2.76. The fraction of sp³-hybridized carbons (Fsp3) is 0.208. The maximum atomic E-state index is 13.8. The molecule has 0 aliphatic heterocycles. The van der Waals surface area contributed by atoms with E-state index in [2.05, 4.69) is 4.72 Å². The minimum atomic E-state index is -4.00. The molecule has 32 heavy (non-hydrogen) atoms. The van der Waals surface area contributed by atoms with Gasteiger partial charge in [0.15, 0.2) is 0 Å². The molecule has 1 N–H and O–H groups in total. The molecule has 0 bridgehead atoms. The number of amides is 1. The molecule has 0 heterocycles. The van der Waals surface area contributed by atoms with Gasteiger partial charge in [0.1, 0.15) is 18.2 Å². The highest BCUT2D eigenvalue weighted by molar-refractivity contribution is 7.92. The van der Waals surface area contributed by atoms with Gasteiger partial charge in [0.2, 0.25) is 0 Å². The third kappa shape index (κ3) is 5.85. The first-order valence-corrected chi connectivity index (χ1v) is 11.5. The summed E-state index contributed by atoms with van der Waals surface area (Å²) in [5.41, 5.74) is 2.01. The summed E-state index contributed by atoms with van der Waals surface area (Å²) in [6.07, 6.45) is 0. The first-order chi connectivity index (χ1) is 15.2. The zero-order valence-corrected chi connectivity index (χ0v) is 18.9. The fourth-order valence-corrected chi connectivity index (χ4v) is 3.99. The van der Waals surface area contributed by atoms with Crippen LogP contribution in [0.25, 0.3) is 0 Å². The van der Waals surface area contributed by atoms with Crippen molar-refractivity contribution < 1.29 is 22.3 Å². The van der Waals surface area contributed by atoms with E-state index in [9.17, 15) is 17.6 Å². The van der Waals surface area contributed by atoms with Gasteiger partial charge in [-0.2, -0.15) is 0 Å². The van der Waals surface area contributed by atoms with E-state index in [4.69, 9.17) is 4.74 Å². The van der Waals surface area contributed by atoms with E-state index in [1.165, 1.54) is 29.2 Å². The Balaban J connectivity index is 1.64. The normalized spacial score (nSPS) is 11.1. The molecule has 3 rings (SSSR count). The molecule has 0 aliphatic rings. The van der Waals surface area contributed by atoms with Crippen molar-refractivity contribution in [3.05, 3.63) is 89.2 Å². The minimum absolute atomic E-state index is 0.192. The third-order valence-electron chi connectivity index (χ3n) is 4.88. The number of benzene rings is 3. The molecule has 3 aromatic carbocycles. The molecule has 0 saturated heterocycles. The number of aryl methyl sites for hydroxylation is 2. The van der Waals surface area contributed by atoms with Crippen molar-refractivity contribution in [1.29, 1.82) is 0 Å². The van der Waals surface area contributed by atoms with Crippen LogP contribution in [0.15, 0.2) is 71.6 Å². The number of likely N-dealkylation sites (N-methyl/N-ethyl adjacent to an activating group) is 1. The monoisotopic (exact) mass is 456 g/mol. The number of halogens is 1. The van der Waals surface area contributed by atoms with Crippen LogP contribution in [0.3, 0.4) is 0 Å². The van der Waals surface area contributed by atoms with Gasteiger partial charge in [0.05, 0.1) is 11.4 Å². The first kappa shape index (κ1) is 23.3. The first-order valence-electron chi connectivity index (χ1n) is 10.00. The highest BCUT2D eigenvalue weighted by atomic mass is 32.2. The van der Waals surface area contributed by atoms with Crippen molar-refractivity contribution in [2.75, 3.05) is 24.9 Å². The number of hydrogen-bond acceptors (Lipinski definition) is 4. The lowest BCUT2D eigenvalue weighted by atomic mass is 10.2. The summed E-state index contributed by atoms with van der Waals surface area (Å²) in [6, 6.07) is 17.5. The Labute approximate surface area is 187 Å². The van der Waals surface area contributed by atoms with Crippen molar-refractivity contribution in [2.24, 2.45) is 0 Å². The number of carbonyl (C=O) groups is 1. The van der Waals surface area contributed by atoms with Crippen LogP contribution in [-0.2, 0) is 10.0 Å². The molecule has 0 aromatic heterocycles. The highest BCUT2D eigenvalue weighted by Gasteiger charge is 2.18. The zero-order valence-electron chi connectivity index (χ0n) is 18.1. The second-order valence-electron chi connectivity index (χ2n) is 7.49. The smallest absolute Gasteiger partial charge is 0.261 e. The van der Waals surface area contributed by atoms with E-state index in [-0.39, 0.29) is 16.5 Å². The van der Waals surface area contributed by atoms with Crippen LogP contribution in [0.1, 0.15) is 21.5 Å². The maximum Gasteiger partial charge on any atom is 0.261 e. The number of rotatable bonds is 8. The van der Waals surface area contributed by atoms with Gasteiger partial charge < -0.3 is 9.64 Å². The molecule has 3 aromatic rings. The van der Waals surface area contributed by atoms with Gasteiger partial charge in [-0.25, -0.2) is 12.8 Å². The summed E-state index contributed by atoms with van der Waals surface area (Å²) in [4.78, 5) is 14.1. The quantitative estimate of drug-likeness (QED) is 0.545. The summed E-state index contributed by atoms with van der Waals surface area (Å²) in [7, 11) is -2.35. The van der Waals surface area contributed by atoms with Crippen molar-refractivity contribution in [3.63, 3.8) is 0 Å². The van der Waals surface area contributed by atoms with Gasteiger partial charge in [-0.3, -0.25) is 9.52 Å². The summed E-state index contributed by atoms with van der Waals surface area (Å²) in [6.45, 7) is 4.21. The molecule has 1 amide bonds. The van der Waals surface area contributed by atoms with E-state index in [1.54, 1.807) is 26.1 Å². The van der Waals surface area contributed by atoms with Gasteiger partial charge in [-0.05, 0) is 61.9 Å². The fourth-order valence-electron chi connectivity index (χ4n) is 2.93. The molecule has 0 atom stereocenters.